The van der Waals surface area contributed by atoms with Gasteiger partial charge in [0.2, 0.25) is 0 Å². The predicted octanol–water partition coefficient (Wildman–Crippen LogP) is 2.92. The third kappa shape index (κ3) is 5.03. The lowest BCUT2D eigenvalue weighted by atomic mass is 10.1. The highest BCUT2D eigenvalue weighted by atomic mass is 16.5. The minimum Gasteiger partial charge on any atom is -0.399 e. The van der Waals surface area contributed by atoms with Crippen LogP contribution < -0.4 is 16.4 Å². The molecular formula is C22H27N7O. The van der Waals surface area contributed by atoms with E-state index in [1.165, 1.54) is 0 Å². The minimum absolute atomic E-state index is 0.703. The monoisotopic (exact) mass is 405 g/mol. The number of hydrogen-bond donors (Lipinski definition) is 3. The summed E-state index contributed by atoms with van der Waals surface area (Å²) in [7, 11) is 0. The van der Waals surface area contributed by atoms with Gasteiger partial charge in [0.1, 0.15) is 18.0 Å². The number of nitrogen functional groups attached to an aromatic ring is 1. The molecule has 0 spiro atoms. The van der Waals surface area contributed by atoms with Crippen LogP contribution in [0.15, 0.2) is 48.9 Å². The van der Waals surface area contributed by atoms with Crippen LogP contribution >= 0.6 is 0 Å². The average Bonchev–Trinajstić information content (AvgIpc) is 2.78. The largest absolute Gasteiger partial charge is 0.399 e. The summed E-state index contributed by atoms with van der Waals surface area (Å²) in [6, 6.07) is 11.6. The highest BCUT2D eigenvalue weighted by molar-refractivity contribution is 5.78. The quantitative estimate of drug-likeness (QED) is 0.516. The molecule has 0 atom stereocenters. The molecule has 30 heavy (non-hydrogen) atoms. The Hall–Kier alpha value is -3.23. The molecule has 0 saturated carbocycles. The van der Waals surface area contributed by atoms with Gasteiger partial charge in [-0.1, -0.05) is 6.07 Å². The van der Waals surface area contributed by atoms with Crippen LogP contribution in [-0.4, -0.2) is 59.2 Å². The third-order valence-electron chi connectivity index (χ3n) is 5.10. The molecule has 1 aliphatic heterocycles. The van der Waals surface area contributed by atoms with Gasteiger partial charge >= 0.3 is 0 Å². The van der Waals surface area contributed by atoms with Gasteiger partial charge < -0.3 is 21.1 Å². The Morgan fingerprint density at radius 2 is 1.97 bits per heavy atom. The molecule has 3 heterocycles. The first-order chi connectivity index (χ1) is 14.7. The van der Waals surface area contributed by atoms with Crippen molar-refractivity contribution in [3.05, 3.63) is 54.5 Å². The van der Waals surface area contributed by atoms with Crippen LogP contribution in [0.25, 0.3) is 11.3 Å². The van der Waals surface area contributed by atoms with Crippen molar-refractivity contribution in [1.29, 1.82) is 0 Å². The standard InChI is InChI=1S/C22H27N7O/c1-16-4-5-17(23)13-19(16)28-22-18(3-2-6-25-22)20-14-21(27-15-26-20)24-7-8-29-9-11-30-12-10-29/h2-6,13-15H,7-12,23H2,1H3,(H,25,28)(H,24,26,27). The van der Waals surface area contributed by atoms with Gasteiger partial charge in [-0.3, -0.25) is 4.90 Å². The number of morpholine rings is 1. The number of hydrogen-bond acceptors (Lipinski definition) is 8. The first-order valence-electron chi connectivity index (χ1n) is 10.1. The minimum atomic E-state index is 0.703. The van der Waals surface area contributed by atoms with E-state index in [9.17, 15) is 0 Å². The second kappa shape index (κ2) is 9.51. The van der Waals surface area contributed by atoms with Crippen molar-refractivity contribution in [2.24, 2.45) is 0 Å². The third-order valence-corrected chi connectivity index (χ3v) is 5.10. The molecule has 0 unspecified atom stereocenters. The lowest BCUT2D eigenvalue weighted by Gasteiger charge is -2.26. The second-order valence-electron chi connectivity index (χ2n) is 7.27. The van der Waals surface area contributed by atoms with E-state index < -0.39 is 0 Å². The number of ether oxygens (including phenoxy) is 1. The van der Waals surface area contributed by atoms with E-state index in [1.54, 1.807) is 12.5 Å². The van der Waals surface area contributed by atoms with Crippen molar-refractivity contribution in [3.63, 3.8) is 0 Å². The molecule has 3 aromatic rings. The summed E-state index contributed by atoms with van der Waals surface area (Å²) in [5.74, 6) is 1.52. The number of benzene rings is 1. The normalized spacial score (nSPS) is 14.4. The summed E-state index contributed by atoms with van der Waals surface area (Å²) in [6.45, 7) is 7.37. The molecule has 0 bridgehead atoms. The molecule has 1 saturated heterocycles. The molecular weight excluding hydrogens is 378 g/mol. The van der Waals surface area contributed by atoms with Crippen LogP contribution in [0.3, 0.4) is 0 Å². The molecule has 156 valence electrons. The molecule has 1 aliphatic rings. The van der Waals surface area contributed by atoms with E-state index in [2.05, 4.69) is 30.5 Å². The van der Waals surface area contributed by atoms with Crippen LogP contribution in [0, 0.1) is 6.92 Å². The van der Waals surface area contributed by atoms with Crippen LogP contribution in [0.4, 0.5) is 23.0 Å². The maximum atomic E-state index is 5.95. The number of pyridine rings is 1. The lowest BCUT2D eigenvalue weighted by Crippen LogP contribution is -2.39. The van der Waals surface area contributed by atoms with Gasteiger partial charge in [-0.25, -0.2) is 15.0 Å². The summed E-state index contributed by atoms with van der Waals surface area (Å²) in [4.78, 5) is 15.7. The van der Waals surface area contributed by atoms with Crippen molar-refractivity contribution in [3.8, 4) is 11.3 Å². The van der Waals surface area contributed by atoms with Crippen molar-refractivity contribution >= 4 is 23.0 Å². The smallest absolute Gasteiger partial charge is 0.139 e. The number of anilines is 4. The van der Waals surface area contributed by atoms with E-state index in [0.29, 0.717) is 5.69 Å². The topological polar surface area (TPSA) is 101 Å². The van der Waals surface area contributed by atoms with Crippen LogP contribution in [0.1, 0.15) is 5.56 Å². The SMILES string of the molecule is Cc1ccc(N)cc1Nc1ncccc1-c1cc(NCCN2CCOCC2)ncn1. The highest BCUT2D eigenvalue weighted by Crippen LogP contribution is 2.29. The van der Waals surface area contributed by atoms with Crippen LogP contribution in [0.5, 0.6) is 0 Å². The van der Waals surface area contributed by atoms with E-state index in [-0.39, 0.29) is 0 Å². The molecule has 8 nitrogen and oxygen atoms in total. The van der Waals surface area contributed by atoms with E-state index in [1.807, 2.05) is 43.3 Å². The summed E-state index contributed by atoms with van der Waals surface area (Å²) < 4.78 is 5.40. The molecule has 2 aromatic heterocycles. The first kappa shape index (κ1) is 20.1. The molecule has 1 aromatic carbocycles. The molecule has 1 fully saturated rings. The summed E-state index contributed by atoms with van der Waals surface area (Å²) in [5.41, 5.74) is 10.4. The number of nitrogens with two attached hydrogens (primary N) is 1. The molecule has 0 aliphatic carbocycles. The molecule has 0 amide bonds. The van der Waals surface area contributed by atoms with E-state index in [4.69, 9.17) is 10.5 Å². The number of aromatic nitrogens is 3. The second-order valence-corrected chi connectivity index (χ2v) is 7.27. The van der Waals surface area contributed by atoms with E-state index in [0.717, 1.165) is 73.5 Å². The Kier molecular flexibility index (Phi) is 6.36. The number of rotatable bonds is 7. The Morgan fingerprint density at radius 1 is 1.10 bits per heavy atom. The van der Waals surface area contributed by atoms with Gasteiger partial charge in [0.25, 0.3) is 0 Å². The van der Waals surface area contributed by atoms with Crippen LogP contribution in [-0.2, 0) is 4.74 Å². The summed E-state index contributed by atoms with van der Waals surface area (Å²) in [5, 5.41) is 6.79. The molecule has 4 rings (SSSR count). The van der Waals surface area contributed by atoms with Gasteiger partial charge in [-0.15, -0.1) is 0 Å². The van der Waals surface area contributed by atoms with E-state index >= 15 is 0 Å². The molecule has 0 radical (unpaired) electrons. The Bertz CT molecular complexity index is 989. The van der Waals surface area contributed by atoms with Crippen molar-refractivity contribution in [1.82, 2.24) is 19.9 Å². The fourth-order valence-electron chi connectivity index (χ4n) is 3.38. The van der Waals surface area contributed by atoms with Crippen molar-refractivity contribution in [2.75, 3.05) is 55.8 Å². The molecule has 4 N–H and O–H groups in total. The van der Waals surface area contributed by atoms with Crippen molar-refractivity contribution < 1.29 is 4.74 Å². The Morgan fingerprint density at radius 3 is 2.83 bits per heavy atom. The maximum Gasteiger partial charge on any atom is 0.139 e. The van der Waals surface area contributed by atoms with Gasteiger partial charge in [0.05, 0.1) is 18.9 Å². The average molecular weight is 406 g/mol. The zero-order chi connectivity index (χ0) is 20.8. The van der Waals surface area contributed by atoms with Gasteiger partial charge in [-0.2, -0.15) is 0 Å². The number of aryl methyl sites for hydroxylation is 1. The number of nitrogens with one attached hydrogen (secondary N) is 2. The zero-order valence-corrected chi connectivity index (χ0v) is 17.1. The fraction of sp³-hybridized carbons (Fsp3) is 0.318. The Balaban J connectivity index is 1.48. The first-order valence-corrected chi connectivity index (χ1v) is 10.1. The predicted molar refractivity (Wildman–Crippen MR) is 120 cm³/mol. The van der Waals surface area contributed by atoms with Crippen LogP contribution in [0.2, 0.25) is 0 Å². The summed E-state index contributed by atoms with van der Waals surface area (Å²) in [6.07, 6.45) is 3.34. The number of nitrogens with zero attached hydrogens (tertiary/aromatic N) is 4. The van der Waals surface area contributed by atoms with Gasteiger partial charge in [0, 0.05) is 55.4 Å². The summed E-state index contributed by atoms with van der Waals surface area (Å²) >= 11 is 0. The zero-order valence-electron chi connectivity index (χ0n) is 17.1. The maximum absolute atomic E-state index is 5.95. The highest BCUT2D eigenvalue weighted by Gasteiger charge is 2.12. The fourth-order valence-corrected chi connectivity index (χ4v) is 3.38. The van der Waals surface area contributed by atoms with Crippen molar-refractivity contribution in [2.45, 2.75) is 6.92 Å². The lowest BCUT2D eigenvalue weighted by molar-refractivity contribution is 0.0398. The van der Waals surface area contributed by atoms with Gasteiger partial charge in [-0.05, 0) is 36.8 Å². The Labute approximate surface area is 176 Å². The molecule has 8 heteroatoms. The van der Waals surface area contributed by atoms with Gasteiger partial charge in [0.15, 0.2) is 0 Å².